The average Bonchev–Trinajstić information content (AvgIpc) is 2.77. The summed E-state index contributed by atoms with van der Waals surface area (Å²) in [6.07, 6.45) is 5.90. The van der Waals surface area contributed by atoms with E-state index in [9.17, 15) is 9.59 Å². The number of aromatic nitrogens is 1. The molecule has 1 saturated carbocycles. The molecule has 4 nitrogen and oxygen atoms in total. The standard InChI is InChI=1S/C12H16N2O2/c1-14-8-10(6-7-11(14)15)13-12(16)9-4-2-3-5-9/h6-9H,2-5H2,1H3,(H,13,16). The lowest BCUT2D eigenvalue weighted by atomic mass is 10.1. The Kier molecular flexibility index (Phi) is 3.08. The molecule has 0 saturated heterocycles. The summed E-state index contributed by atoms with van der Waals surface area (Å²) in [7, 11) is 1.67. The van der Waals surface area contributed by atoms with E-state index >= 15 is 0 Å². The van der Waals surface area contributed by atoms with E-state index in [1.54, 1.807) is 19.3 Å². The first-order valence-corrected chi connectivity index (χ1v) is 5.64. The first-order valence-electron chi connectivity index (χ1n) is 5.64. The van der Waals surface area contributed by atoms with E-state index < -0.39 is 0 Å². The van der Waals surface area contributed by atoms with Crippen LogP contribution in [0.15, 0.2) is 23.1 Å². The highest BCUT2D eigenvalue weighted by Gasteiger charge is 2.22. The number of carbonyl (C=O) groups excluding carboxylic acids is 1. The molecule has 0 aliphatic heterocycles. The van der Waals surface area contributed by atoms with E-state index in [-0.39, 0.29) is 17.4 Å². The topological polar surface area (TPSA) is 51.1 Å². The number of hydrogen-bond donors (Lipinski definition) is 1. The summed E-state index contributed by atoms with van der Waals surface area (Å²) in [5.74, 6) is 0.230. The van der Waals surface area contributed by atoms with Gasteiger partial charge in [0.05, 0.1) is 5.69 Å². The van der Waals surface area contributed by atoms with E-state index in [0.717, 1.165) is 25.7 Å². The van der Waals surface area contributed by atoms with Crippen LogP contribution in [0.5, 0.6) is 0 Å². The van der Waals surface area contributed by atoms with Crippen LogP contribution in [0.1, 0.15) is 25.7 Å². The van der Waals surface area contributed by atoms with E-state index in [1.807, 2.05) is 0 Å². The van der Waals surface area contributed by atoms with Crippen molar-refractivity contribution in [3.05, 3.63) is 28.7 Å². The minimum absolute atomic E-state index is 0.0705. The molecule has 86 valence electrons. The lowest BCUT2D eigenvalue weighted by Crippen LogP contribution is -2.22. The van der Waals surface area contributed by atoms with Crippen LogP contribution in [0, 0.1) is 5.92 Å². The molecule has 1 aliphatic rings. The molecule has 1 aromatic rings. The normalized spacial score (nSPS) is 16.3. The van der Waals surface area contributed by atoms with Crippen LogP contribution in [0.4, 0.5) is 5.69 Å². The number of rotatable bonds is 2. The number of aryl methyl sites for hydroxylation is 1. The van der Waals surface area contributed by atoms with E-state index in [1.165, 1.54) is 10.6 Å². The first kappa shape index (κ1) is 10.9. The first-order chi connectivity index (χ1) is 7.66. The minimum Gasteiger partial charge on any atom is -0.325 e. The maximum Gasteiger partial charge on any atom is 0.250 e. The number of pyridine rings is 1. The third kappa shape index (κ3) is 2.32. The van der Waals surface area contributed by atoms with Gasteiger partial charge in [-0.1, -0.05) is 12.8 Å². The zero-order chi connectivity index (χ0) is 11.5. The predicted octanol–water partition coefficient (Wildman–Crippen LogP) is 1.51. The quantitative estimate of drug-likeness (QED) is 0.821. The molecule has 1 aliphatic carbocycles. The summed E-state index contributed by atoms with van der Waals surface area (Å²) in [4.78, 5) is 23.0. The molecule has 1 amide bonds. The monoisotopic (exact) mass is 220 g/mol. The lowest BCUT2D eigenvalue weighted by Gasteiger charge is -2.10. The molecule has 0 atom stereocenters. The van der Waals surface area contributed by atoms with Gasteiger partial charge in [0.25, 0.3) is 0 Å². The Morgan fingerprint density at radius 1 is 1.38 bits per heavy atom. The van der Waals surface area contributed by atoms with Gasteiger partial charge in [-0.05, 0) is 18.9 Å². The van der Waals surface area contributed by atoms with Gasteiger partial charge in [0.1, 0.15) is 0 Å². The van der Waals surface area contributed by atoms with Crippen molar-refractivity contribution in [1.29, 1.82) is 0 Å². The molecule has 1 N–H and O–H groups in total. The summed E-state index contributed by atoms with van der Waals surface area (Å²) in [6, 6.07) is 3.11. The molecule has 0 spiro atoms. The number of amides is 1. The smallest absolute Gasteiger partial charge is 0.250 e. The van der Waals surface area contributed by atoms with Gasteiger partial charge in [-0.3, -0.25) is 9.59 Å². The fraction of sp³-hybridized carbons (Fsp3) is 0.500. The van der Waals surface area contributed by atoms with Crippen LogP contribution in [-0.2, 0) is 11.8 Å². The van der Waals surface area contributed by atoms with Gasteiger partial charge < -0.3 is 9.88 Å². The number of carbonyl (C=O) groups is 1. The van der Waals surface area contributed by atoms with Crippen molar-refractivity contribution in [3.63, 3.8) is 0 Å². The van der Waals surface area contributed by atoms with Crippen molar-refractivity contribution in [3.8, 4) is 0 Å². The van der Waals surface area contributed by atoms with Gasteiger partial charge in [0.15, 0.2) is 0 Å². The molecular weight excluding hydrogens is 204 g/mol. The number of hydrogen-bond acceptors (Lipinski definition) is 2. The highest BCUT2D eigenvalue weighted by molar-refractivity contribution is 5.92. The lowest BCUT2D eigenvalue weighted by molar-refractivity contribution is -0.119. The number of anilines is 1. The predicted molar refractivity (Wildman–Crippen MR) is 62.3 cm³/mol. The summed E-state index contributed by atoms with van der Waals surface area (Å²) < 4.78 is 1.46. The zero-order valence-electron chi connectivity index (χ0n) is 9.40. The van der Waals surface area contributed by atoms with E-state index in [4.69, 9.17) is 0 Å². The molecule has 0 radical (unpaired) electrons. The summed E-state index contributed by atoms with van der Waals surface area (Å²) >= 11 is 0. The van der Waals surface area contributed by atoms with Crippen molar-refractivity contribution in [2.45, 2.75) is 25.7 Å². The van der Waals surface area contributed by atoms with Crippen molar-refractivity contribution >= 4 is 11.6 Å². The second-order valence-corrected chi connectivity index (χ2v) is 4.34. The fourth-order valence-electron chi connectivity index (χ4n) is 2.10. The maximum absolute atomic E-state index is 11.8. The van der Waals surface area contributed by atoms with Gasteiger partial charge in [0.2, 0.25) is 11.5 Å². The van der Waals surface area contributed by atoms with Gasteiger partial charge >= 0.3 is 0 Å². The molecule has 1 fully saturated rings. The SMILES string of the molecule is Cn1cc(NC(=O)C2CCCC2)ccc1=O. The van der Waals surface area contributed by atoms with Crippen molar-refractivity contribution in [2.75, 3.05) is 5.32 Å². The minimum atomic E-state index is -0.0705. The third-order valence-electron chi connectivity index (χ3n) is 3.08. The van der Waals surface area contributed by atoms with Crippen LogP contribution in [0.2, 0.25) is 0 Å². The van der Waals surface area contributed by atoms with Crippen LogP contribution in [0.25, 0.3) is 0 Å². The Morgan fingerprint density at radius 3 is 2.69 bits per heavy atom. The number of nitrogens with zero attached hydrogens (tertiary/aromatic N) is 1. The van der Waals surface area contributed by atoms with Gasteiger partial charge in [-0.15, -0.1) is 0 Å². The molecule has 0 unspecified atom stereocenters. The van der Waals surface area contributed by atoms with Crippen LogP contribution < -0.4 is 10.9 Å². The van der Waals surface area contributed by atoms with E-state index in [2.05, 4.69) is 5.32 Å². The molecule has 0 aromatic carbocycles. The van der Waals surface area contributed by atoms with Gasteiger partial charge in [-0.2, -0.15) is 0 Å². The largest absolute Gasteiger partial charge is 0.325 e. The summed E-state index contributed by atoms with van der Waals surface area (Å²) in [5, 5.41) is 2.85. The van der Waals surface area contributed by atoms with Gasteiger partial charge in [0, 0.05) is 25.2 Å². The molecule has 0 bridgehead atoms. The Balaban J connectivity index is 2.05. The second kappa shape index (κ2) is 4.51. The summed E-state index contributed by atoms with van der Waals surface area (Å²) in [5.41, 5.74) is 0.623. The molecule has 2 rings (SSSR count). The highest BCUT2D eigenvalue weighted by Crippen LogP contribution is 2.25. The Bertz CT molecular complexity index is 445. The molecule has 1 aromatic heterocycles. The van der Waals surface area contributed by atoms with Gasteiger partial charge in [-0.25, -0.2) is 0 Å². The van der Waals surface area contributed by atoms with E-state index in [0.29, 0.717) is 5.69 Å². The Labute approximate surface area is 94.3 Å². The average molecular weight is 220 g/mol. The summed E-state index contributed by atoms with van der Waals surface area (Å²) in [6.45, 7) is 0. The highest BCUT2D eigenvalue weighted by atomic mass is 16.2. The molecule has 1 heterocycles. The second-order valence-electron chi connectivity index (χ2n) is 4.34. The maximum atomic E-state index is 11.8. The zero-order valence-corrected chi connectivity index (χ0v) is 9.40. The van der Waals surface area contributed by atoms with Crippen molar-refractivity contribution in [1.82, 2.24) is 4.57 Å². The Morgan fingerprint density at radius 2 is 2.06 bits per heavy atom. The molecular formula is C12H16N2O2. The van der Waals surface area contributed by atoms with Crippen LogP contribution in [-0.4, -0.2) is 10.5 Å². The number of nitrogens with one attached hydrogen (secondary N) is 1. The van der Waals surface area contributed by atoms with Crippen molar-refractivity contribution in [2.24, 2.45) is 13.0 Å². The Hall–Kier alpha value is -1.58. The van der Waals surface area contributed by atoms with Crippen LogP contribution >= 0.6 is 0 Å². The molecule has 16 heavy (non-hydrogen) atoms. The van der Waals surface area contributed by atoms with Crippen LogP contribution in [0.3, 0.4) is 0 Å². The fourth-order valence-corrected chi connectivity index (χ4v) is 2.10. The van der Waals surface area contributed by atoms with Crippen molar-refractivity contribution < 1.29 is 4.79 Å². The molecule has 4 heteroatoms. The third-order valence-corrected chi connectivity index (χ3v) is 3.08.